The molecular weight excluding hydrogens is 254 g/mol. The van der Waals surface area contributed by atoms with E-state index in [1.807, 2.05) is 30.3 Å². The average molecular weight is 277 g/mol. The van der Waals surface area contributed by atoms with Crippen LogP contribution < -0.4 is 10.6 Å². The molecule has 0 bridgehead atoms. The van der Waals surface area contributed by atoms with E-state index in [0.717, 1.165) is 18.7 Å². The first-order chi connectivity index (χ1) is 9.63. The monoisotopic (exact) mass is 277 g/mol. The van der Waals surface area contributed by atoms with E-state index in [1.165, 1.54) is 0 Å². The van der Waals surface area contributed by atoms with Gasteiger partial charge in [-0.2, -0.15) is 0 Å². The van der Waals surface area contributed by atoms with Crippen molar-refractivity contribution in [2.45, 2.75) is 32.6 Å². The van der Waals surface area contributed by atoms with Crippen molar-refractivity contribution in [3.8, 4) is 0 Å². The molecule has 0 aromatic heterocycles. The first-order valence-electron chi connectivity index (χ1n) is 7.07. The first kappa shape index (κ1) is 14.8. The summed E-state index contributed by atoms with van der Waals surface area (Å²) in [5.41, 5.74) is 1.09. The summed E-state index contributed by atoms with van der Waals surface area (Å²) >= 11 is 0. The number of carbonyl (C=O) groups is 1. The van der Waals surface area contributed by atoms with Crippen LogP contribution in [0.3, 0.4) is 0 Å². The molecule has 2 N–H and O–H groups in total. The Morgan fingerprint density at radius 3 is 2.50 bits per heavy atom. The number of amides is 2. The number of hydrogen-bond acceptors (Lipinski definition) is 3. The van der Waals surface area contributed by atoms with Gasteiger partial charge in [0.1, 0.15) is 0 Å². The SMILES string of the molecule is C[C@@H]1CN(CNC(=O)NCc2ccccc2)C[C@H](C)O1. The molecule has 20 heavy (non-hydrogen) atoms. The highest BCUT2D eigenvalue weighted by molar-refractivity contribution is 5.73. The Kier molecular flexibility index (Phi) is 5.38. The van der Waals surface area contributed by atoms with Gasteiger partial charge in [0.2, 0.25) is 0 Å². The zero-order valence-corrected chi connectivity index (χ0v) is 12.1. The maximum Gasteiger partial charge on any atom is 0.316 e. The van der Waals surface area contributed by atoms with Crippen molar-refractivity contribution in [1.82, 2.24) is 15.5 Å². The normalized spacial score (nSPS) is 23.3. The van der Waals surface area contributed by atoms with Crippen LogP contribution in [0.15, 0.2) is 30.3 Å². The van der Waals surface area contributed by atoms with Crippen LogP contribution in [-0.2, 0) is 11.3 Å². The van der Waals surface area contributed by atoms with Gasteiger partial charge in [0.05, 0.1) is 18.9 Å². The van der Waals surface area contributed by atoms with Crippen molar-refractivity contribution in [2.75, 3.05) is 19.8 Å². The summed E-state index contributed by atoms with van der Waals surface area (Å²) in [5.74, 6) is 0. The van der Waals surface area contributed by atoms with Crippen molar-refractivity contribution in [1.29, 1.82) is 0 Å². The number of nitrogens with one attached hydrogen (secondary N) is 2. The number of hydrogen-bond donors (Lipinski definition) is 2. The lowest BCUT2D eigenvalue weighted by molar-refractivity contribution is -0.0689. The summed E-state index contributed by atoms with van der Waals surface area (Å²) in [6, 6.07) is 9.74. The Balaban J connectivity index is 1.67. The van der Waals surface area contributed by atoms with Crippen LogP contribution >= 0.6 is 0 Å². The third kappa shape index (κ3) is 4.83. The molecule has 1 aromatic rings. The summed E-state index contributed by atoms with van der Waals surface area (Å²) in [7, 11) is 0. The van der Waals surface area contributed by atoms with Gasteiger partial charge in [-0.25, -0.2) is 4.79 Å². The zero-order chi connectivity index (χ0) is 14.4. The van der Waals surface area contributed by atoms with Gasteiger partial charge < -0.3 is 15.4 Å². The van der Waals surface area contributed by atoms with Crippen LogP contribution in [0.1, 0.15) is 19.4 Å². The van der Waals surface area contributed by atoms with Crippen molar-refractivity contribution in [3.05, 3.63) is 35.9 Å². The van der Waals surface area contributed by atoms with E-state index in [2.05, 4.69) is 29.4 Å². The highest BCUT2D eigenvalue weighted by atomic mass is 16.5. The van der Waals surface area contributed by atoms with E-state index in [9.17, 15) is 4.79 Å². The van der Waals surface area contributed by atoms with E-state index in [0.29, 0.717) is 13.2 Å². The number of morpholine rings is 1. The van der Waals surface area contributed by atoms with E-state index < -0.39 is 0 Å². The number of carbonyl (C=O) groups excluding carboxylic acids is 1. The largest absolute Gasteiger partial charge is 0.373 e. The van der Waals surface area contributed by atoms with Crippen molar-refractivity contribution in [2.24, 2.45) is 0 Å². The molecular formula is C15H23N3O2. The van der Waals surface area contributed by atoms with Gasteiger partial charge in [-0.15, -0.1) is 0 Å². The number of urea groups is 1. The molecule has 1 aromatic carbocycles. The quantitative estimate of drug-likeness (QED) is 0.878. The van der Waals surface area contributed by atoms with Gasteiger partial charge >= 0.3 is 6.03 Å². The second kappa shape index (κ2) is 7.26. The number of ether oxygens (including phenoxy) is 1. The number of nitrogens with zero attached hydrogens (tertiary/aromatic N) is 1. The molecule has 1 saturated heterocycles. The standard InChI is InChI=1S/C15H23N3O2/c1-12-9-18(10-13(2)20-12)11-17-15(19)16-8-14-6-4-3-5-7-14/h3-7,12-13H,8-11H2,1-2H3,(H2,16,17,19)/t12-,13+. The molecule has 2 amide bonds. The molecule has 1 aliphatic rings. The van der Waals surface area contributed by atoms with Gasteiger partial charge in [0.25, 0.3) is 0 Å². The van der Waals surface area contributed by atoms with Gasteiger partial charge in [-0.1, -0.05) is 30.3 Å². The molecule has 0 aliphatic carbocycles. The molecule has 2 rings (SSSR count). The fraction of sp³-hybridized carbons (Fsp3) is 0.533. The van der Waals surface area contributed by atoms with Crippen molar-refractivity contribution < 1.29 is 9.53 Å². The summed E-state index contributed by atoms with van der Waals surface area (Å²) < 4.78 is 5.66. The summed E-state index contributed by atoms with van der Waals surface area (Å²) in [6.45, 7) is 6.91. The lowest BCUT2D eigenvalue weighted by Crippen LogP contribution is -2.51. The minimum Gasteiger partial charge on any atom is -0.373 e. The van der Waals surface area contributed by atoms with Gasteiger partial charge in [-0.3, -0.25) is 4.90 Å². The van der Waals surface area contributed by atoms with E-state index in [1.54, 1.807) is 0 Å². The van der Waals surface area contributed by atoms with Crippen LogP contribution in [0.5, 0.6) is 0 Å². The Morgan fingerprint density at radius 2 is 1.85 bits per heavy atom. The zero-order valence-electron chi connectivity index (χ0n) is 12.1. The number of benzene rings is 1. The molecule has 1 heterocycles. The summed E-state index contributed by atoms with van der Waals surface area (Å²) in [5, 5.41) is 5.74. The second-order valence-electron chi connectivity index (χ2n) is 5.30. The van der Waals surface area contributed by atoms with E-state index >= 15 is 0 Å². The molecule has 5 nitrogen and oxygen atoms in total. The van der Waals surface area contributed by atoms with Crippen molar-refractivity contribution >= 4 is 6.03 Å². The Morgan fingerprint density at radius 1 is 1.20 bits per heavy atom. The molecule has 0 unspecified atom stereocenters. The van der Waals surface area contributed by atoms with Crippen molar-refractivity contribution in [3.63, 3.8) is 0 Å². The second-order valence-corrected chi connectivity index (χ2v) is 5.30. The van der Waals surface area contributed by atoms with Crippen LogP contribution in [0.2, 0.25) is 0 Å². The van der Waals surface area contributed by atoms with E-state index in [4.69, 9.17) is 4.74 Å². The topological polar surface area (TPSA) is 53.6 Å². The Hall–Kier alpha value is -1.59. The fourth-order valence-electron chi connectivity index (χ4n) is 2.44. The van der Waals surface area contributed by atoms with Gasteiger partial charge in [0, 0.05) is 19.6 Å². The summed E-state index contributed by atoms with van der Waals surface area (Å²) in [6.07, 6.45) is 0.431. The maximum absolute atomic E-state index is 11.7. The minimum absolute atomic E-state index is 0.138. The summed E-state index contributed by atoms with van der Waals surface area (Å²) in [4.78, 5) is 13.9. The first-order valence-corrected chi connectivity index (χ1v) is 7.07. The molecule has 1 aliphatic heterocycles. The Labute approximate surface area is 120 Å². The molecule has 0 radical (unpaired) electrons. The van der Waals surface area contributed by atoms with Gasteiger partial charge in [-0.05, 0) is 19.4 Å². The fourth-order valence-corrected chi connectivity index (χ4v) is 2.44. The highest BCUT2D eigenvalue weighted by Gasteiger charge is 2.21. The molecule has 0 spiro atoms. The predicted octanol–water partition coefficient (Wildman–Crippen LogP) is 1.55. The van der Waals surface area contributed by atoms with Crippen LogP contribution in [0.25, 0.3) is 0 Å². The molecule has 0 saturated carbocycles. The minimum atomic E-state index is -0.138. The third-order valence-corrected chi connectivity index (χ3v) is 3.25. The lowest BCUT2D eigenvalue weighted by Gasteiger charge is -2.35. The highest BCUT2D eigenvalue weighted by Crippen LogP contribution is 2.09. The lowest BCUT2D eigenvalue weighted by atomic mass is 10.2. The number of rotatable bonds is 4. The third-order valence-electron chi connectivity index (χ3n) is 3.25. The smallest absolute Gasteiger partial charge is 0.316 e. The van der Waals surface area contributed by atoms with Crippen LogP contribution in [0, 0.1) is 0 Å². The Bertz CT molecular complexity index is 414. The van der Waals surface area contributed by atoms with Gasteiger partial charge in [0.15, 0.2) is 0 Å². The molecule has 110 valence electrons. The average Bonchev–Trinajstić information content (AvgIpc) is 2.43. The molecule has 5 heteroatoms. The predicted molar refractivity (Wildman–Crippen MR) is 78.3 cm³/mol. The van der Waals surface area contributed by atoms with Crippen LogP contribution in [-0.4, -0.2) is 42.9 Å². The molecule has 2 atom stereocenters. The molecule has 1 fully saturated rings. The van der Waals surface area contributed by atoms with Crippen LogP contribution in [0.4, 0.5) is 4.79 Å². The van der Waals surface area contributed by atoms with E-state index in [-0.39, 0.29) is 18.2 Å². The maximum atomic E-state index is 11.7.